The minimum atomic E-state index is -0.855. The first-order valence-electron chi connectivity index (χ1n) is 6.81. The normalized spacial score (nSPS) is 19.6. The van der Waals surface area contributed by atoms with E-state index in [0.29, 0.717) is 18.0 Å². The Hall–Kier alpha value is -1.39. The predicted octanol–water partition coefficient (Wildman–Crippen LogP) is 2.71. The highest BCUT2D eigenvalue weighted by Crippen LogP contribution is 2.55. The minimum absolute atomic E-state index is 0.0713. The van der Waals surface area contributed by atoms with Crippen LogP contribution in [0.1, 0.15) is 25.3 Å². The fourth-order valence-corrected chi connectivity index (χ4v) is 2.85. The number of hydrogen-bond acceptors (Lipinski definition) is 3. The second-order valence-corrected chi connectivity index (χ2v) is 6.36. The summed E-state index contributed by atoms with van der Waals surface area (Å²) >= 11 is 6.24. The van der Waals surface area contributed by atoms with Gasteiger partial charge in [0.1, 0.15) is 12.7 Å². The van der Waals surface area contributed by atoms with Crippen LogP contribution in [-0.2, 0) is 13.0 Å². The molecule has 0 bridgehead atoms. The Morgan fingerprint density at radius 1 is 1.40 bits per heavy atom. The number of nitrogens with zero attached hydrogens (tertiary/aromatic N) is 3. The smallest absolute Gasteiger partial charge is 0.137 e. The van der Waals surface area contributed by atoms with Crippen molar-refractivity contribution >= 4 is 11.6 Å². The molecule has 2 aromatic rings. The Balaban J connectivity index is 1.89. The highest BCUT2D eigenvalue weighted by Gasteiger charge is 2.55. The molecule has 0 amide bonds. The Kier molecular flexibility index (Phi) is 3.30. The summed E-state index contributed by atoms with van der Waals surface area (Å²) in [5, 5.41) is 16.0. The molecule has 1 heterocycles. The van der Waals surface area contributed by atoms with Gasteiger partial charge in [0.25, 0.3) is 0 Å². The first kappa shape index (κ1) is 13.6. The van der Waals surface area contributed by atoms with E-state index in [9.17, 15) is 5.11 Å². The highest BCUT2D eigenvalue weighted by molar-refractivity contribution is 6.31. The number of aliphatic hydroxyl groups is 1. The van der Waals surface area contributed by atoms with Crippen molar-refractivity contribution in [1.29, 1.82) is 0 Å². The van der Waals surface area contributed by atoms with E-state index in [2.05, 4.69) is 17.0 Å². The van der Waals surface area contributed by atoms with Crippen LogP contribution in [0.2, 0.25) is 5.02 Å². The van der Waals surface area contributed by atoms with E-state index in [0.717, 1.165) is 18.4 Å². The van der Waals surface area contributed by atoms with E-state index in [1.165, 1.54) is 6.33 Å². The molecule has 1 aliphatic carbocycles. The molecular formula is C15H18ClN3O. The number of hydrogen-bond donors (Lipinski definition) is 1. The van der Waals surface area contributed by atoms with E-state index in [-0.39, 0.29) is 5.41 Å². The summed E-state index contributed by atoms with van der Waals surface area (Å²) in [6.45, 7) is 2.56. The van der Waals surface area contributed by atoms with Crippen molar-refractivity contribution in [3.63, 3.8) is 0 Å². The molecule has 5 heteroatoms. The van der Waals surface area contributed by atoms with Crippen LogP contribution in [0.15, 0.2) is 36.9 Å². The molecule has 0 radical (unpaired) electrons. The lowest BCUT2D eigenvalue weighted by Crippen LogP contribution is -2.44. The SMILES string of the molecule is CC1(C(O)(Cc2ccccc2Cl)Cn2cncn2)CC1. The summed E-state index contributed by atoms with van der Waals surface area (Å²) in [6, 6.07) is 7.69. The fourth-order valence-electron chi connectivity index (χ4n) is 2.65. The third-order valence-electron chi connectivity index (χ3n) is 4.45. The summed E-state index contributed by atoms with van der Waals surface area (Å²) in [6.07, 6.45) is 5.72. The molecule has 4 nitrogen and oxygen atoms in total. The molecule has 1 fully saturated rings. The van der Waals surface area contributed by atoms with Gasteiger partial charge in [-0.1, -0.05) is 36.7 Å². The van der Waals surface area contributed by atoms with Gasteiger partial charge in [-0.25, -0.2) is 4.98 Å². The van der Waals surface area contributed by atoms with Crippen LogP contribution in [0.25, 0.3) is 0 Å². The van der Waals surface area contributed by atoms with Gasteiger partial charge in [-0.15, -0.1) is 0 Å². The maximum Gasteiger partial charge on any atom is 0.137 e. The van der Waals surface area contributed by atoms with Crippen LogP contribution in [0, 0.1) is 5.41 Å². The maximum absolute atomic E-state index is 11.2. The van der Waals surface area contributed by atoms with Crippen LogP contribution >= 0.6 is 11.6 Å². The fraction of sp³-hybridized carbons (Fsp3) is 0.467. The topological polar surface area (TPSA) is 50.9 Å². The average molecular weight is 292 g/mol. The Morgan fingerprint density at radius 3 is 2.75 bits per heavy atom. The standard InChI is InChI=1S/C15H18ClN3O/c1-14(6-7-14)15(20,9-19-11-17-10-18-19)8-12-4-2-3-5-13(12)16/h2-5,10-11,20H,6-9H2,1H3. The van der Waals surface area contributed by atoms with Crippen molar-refractivity contribution in [2.75, 3.05) is 0 Å². The molecule has 106 valence electrons. The quantitative estimate of drug-likeness (QED) is 0.921. The van der Waals surface area contributed by atoms with Crippen LogP contribution in [0.3, 0.4) is 0 Å². The highest BCUT2D eigenvalue weighted by atomic mass is 35.5. The first-order chi connectivity index (χ1) is 9.52. The first-order valence-corrected chi connectivity index (χ1v) is 7.18. The van der Waals surface area contributed by atoms with Gasteiger partial charge in [0.15, 0.2) is 0 Å². The van der Waals surface area contributed by atoms with Crippen LogP contribution in [0.5, 0.6) is 0 Å². The van der Waals surface area contributed by atoms with Crippen molar-refractivity contribution < 1.29 is 5.11 Å². The van der Waals surface area contributed by atoms with E-state index < -0.39 is 5.60 Å². The van der Waals surface area contributed by atoms with E-state index in [1.54, 1.807) is 11.0 Å². The monoisotopic (exact) mass is 291 g/mol. The van der Waals surface area contributed by atoms with Gasteiger partial charge in [-0.05, 0) is 29.9 Å². The molecule has 20 heavy (non-hydrogen) atoms. The number of benzene rings is 1. The van der Waals surface area contributed by atoms with Gasteiger partial charge < -0.3 is 5.11 Å². The number of aromatic nitrogens is 3. The largest absolute Gasteiger partial charge is 0.387 e. The summed E-state index contributed by atoms with van der Waals surface area (Å²) in [7, 11) is 0. The van der Waals surface area contributed by atoms with E-state index >= 15 is 0 Å². The van der Waals surface area contributed by atoms with Crippen molar-refractivity contribution in [1.82, 2.24) is 14.8 Å². The molecule has 1 atom stereocenters. The zero-order valence-electron chi connectivity index (χ0n) is 11.5. The molecule has 1 aromatic heterocycles. The molecular weight excluding hydrogens is 274 g/mol. The second-order valence-electron chi connectivity index (χ2n) is 5.95. The van der Waals surface area contributed by atoms with Crippen LogP contribution in [-0.4, -0.2) is 25.5 Å². The summed E-state index contributed by atoms with van der Waals surface area (Å²) < 4.78 is 1.69. The second kappa shape index (κ2) is 4.86. The molecule has 1 aromatic carbocycles. The van der Waals surface area contributed by atoms with Gasteiger partial charge in [-0.2, -0.15) is 5.10 Å². The van der Waals surface area contributed by atoms with Gasteiger partial charge in [-0.3, -0.25) is 4.68 Å². The Labute approximate surface area is 123 Å². The van der Waals surface area contributed by atoms with Gasteiger partial charge in [0, 0.05) is 11.4 Å². The van der Waals surface area contributed by atoms with Crippen LogP contribution in [0.4, 0.5) is 0 Å². The zero-order valence-corrected chi connectivity index (χ0v) is 12.2. The summed E-state index contributed by atoms with van der Waals surface area (Å²) in [4.78, 5) is 3.95. The molecule has 0 spiro atoms. The lowest BCUT2D eigenvalue weighted by molar-refractivity contribution is -0.0427. The Bertz CT molecular complexity index is 595. The summed E-state index contributed by atoms with van der Waals surface area (Å²) in [5.41, 5.74) is 0.0500. The van der Waals surface area contributed by atoms with Gasteiger partial charge in [0.2, 0.25) is 0 Å². The minimum Gasteiger partial charge on any atom is -0.387 e. The molecule has 0 aliphatic heterocycles. The maximum atomic E-state index is 11.2. The molecule has 1 saturated carbocycles. The zero-order chi connectivity index (χ0) is 14.2. The third kappa shape index (κ3) is 2.45. The van der Waals surface area contributed by atoms with E-state index in [4.69, 9.17) is 11.6 Å². The average Bonchev–Trinajstić information content (AvgIpc) is 2.98. The molecule has 1 unspecified atom stereocenters. The number of rotatable bonds is 5. The lowest BCUT2D eigenvalue weighted by Gasteiger charge is -2.35. The number of halogens is 1. The molecule has 1 N–H and O–H groups in total. The predicted molar refractivity (Wildman–Crippen MR) is 77.5 cm³/mol. The summed E-state index contributed by atoms with van der Waals surface area (Å²) in [5.74, 6) is 0. The molecule has 3 rings (SSSR count). The van der Waals surface area contributed by atoms with Crippen molar-refractivity contribution in [2.45, 2.75) is 38.3 Å². The molecule has 1 aliphatic rings. The van der Waals surface area contributed by atoms with Crippen molar-refractivity contribution in [2.24, 2.45) is 5.41 Å². The Morgan fingerprint density at radius 2 is 2.15 bits per heavy atom. The molecule has 0 saturated heterocycles. The van der Waals surface area contributed by atoms with E-state index in [1.807, 2.05) is 24.3 Å². The van der Waals surface area contributed by atoms with Crippen molar-refractivity contribution in [3.8, 4) is 0 Å². The van der Waals surface area contributed by atoms with Gasteiger partial charge >= 0.3 is 0 Å². The third-order valence-corrected chi connectivity index (χ3v) is 4.82. The van der Waals surface area contributed by atoms with Gasteiger partial charge in [0.05, 0.1) is 12.1 Å². The lowest BCUT2D eigenvalue weighted by atomic mass is 9.80. The van der Waals surface area contributed by atoms with Crippen molar-refractivity contribution in [3.05, 3.63) is 47.5 Å². The van der Waals surface area contributed by atoms with Crippen LogP contribution < -0.4 is 0 Å².